The first-order valence-corrected chi connectivity index (χ1v) is 7.76. The molecule has 1 amide bonds. The fourth-order valence-electron chi connectivity index (χ4n) is 1.92. The second-order valence-corrected chi connectivity index (χ2v) is 5.88. The van der Waals surface area contributed by atoms with Crippen LogP contribution in [-0.4, -0.2) is 24.6 Å². The van der Waals surface area contributed by atoms with Crippen molar-refractivity contribution in [2.45, 2.75) is 52.1 Å². The second kappa shape index (κ2) is 8.90. The minimum atomic E-state index is -0.00854. The van der Waals surface area contributed by atoms with Gasteiger partial charge in [-0.1, -0.05) is 18.5 Å². The van der Waals surface area contributed by atoms with Crippen LogP contribution in [0.25, 0.3) is 0 Å². The number of hydrogen-bond donors (Lipinski definition) is 2. The van der Waals surface area contributed by atoms with E-state index in [0.29, 0.717) is 24.5 Å². The predicted molar refractivity (Wildman–Crippen MR) is 86.8 cm³/mol. The van der Waals surface area contributed by atoms with E-state index in [0.717, 1.165) is 17.7 Å². The van der Waals surface area contributed by atoms with Crippen molar-refractivity contribution in [2.24, 2.45) is 5.73 Å². The van der Waals surface area contributed by atoms with Gasteiger partial charge < -0.3 is 15.8 Å². The van der Waals surface area contributed by atoms with Crippen LogP contribution in [0.4, 0.5) is 0 Å². The van der Waals surface area contributed by atoms with Crippen molar-refractivity contribution in [1.29, 1.82) is 0 Å². The highest BCUT2D eigenvalue weighted by molar-refractivity contribution is 6.30. The lowest BCUT2D eigenvalue weighted by Gasteiger charge is -2.15. The standard InChI is InChI=1S/C16H25ClN2O2/c1-4-14(18)10-12-9-13(17)5-6-15(12)21-8-7-16(20)19-11(2)3/h5-6,9,11,14H,4,7-8,10,18H2,1-3H3,(H,19,20). The fraction of sp³-hybridized carbons (Fsp3) is 0.562. The van der Waals surface area contributed by atoms with Crippen LogP contribution in [-0.2, 0) is 11.2 Å². The third-order valence-corrected chi connectivity index (χ3v) is 3.30. The van der Waals surface area contributed by atoms with Gasteiger partial charge in [-0.2, -0.15) is 0 Å². The van der Waals surface area contributed by atoms with Crippen LogP contribution in [0, 0.1) is 0 Å². The number of hydrogen-bond acceptors (Lipinski definition) is 3. The Labute approximate surface area is 132 Å². The number of benzene rings is 1. The summed E-state index contributed by atoms with van der Waals surface area (Å²) in [5.41, 5.74) is 6.98. The Kier molecular flexibility index (Phi) is 7.54. The maximum absolute atomic E-state index is 11.6. The SMILES string of the molecule is CCC(N)Cc1cc(Cl)ccc1OCCC(=O)NC(C)C. The number of rotatable bonds is 8. The smallest absolute Gasteiger partial charge is 0.223 e. The quantitative estimate of drug-likeness (QED) is 0.775. The summed E-state index contributed by atoms with van der Waals surface area (Å²) >= 11 is 6.02. The molecule has 0 spiro atoms. The summed E-state index contributed by atoms with van der Waals surface area (Å²) in [6.45, 7) is 6.25. The van der Waals surface area contributed by atoms with E-state index in [-0.39, 0.29) is 18.0 Å². The van der Waals surface area contributed by atoms with Crippen LogP contribution in [0.15, 0.2) is 18.2 Å². The zero-order chi connectivity index (χ0) is 15.8. The van der Waals surface area contributed by atoms with Crippen LogP contribution >= 0.6 is 11.6 Å². The molecule has 0 radical (unpaired) electrons. The molecule has 1 rings (SSSR count). The molecular formula is C16H25ClN2O2. The maximum atomic E-state index is 11.6. The van der Waals surface area contributed by atoms with E-state index >= 15 is 0 Å². The van der Waals surface area contributed by atoms with Crippen molar-refractivity contribution < 1.29 is 9.53 Å². The molecule has 5 heteroatoms. The largest absolute Gasteiger partial charge is 0.493 e. The topological polar surface area (TPSA) is 64.3 Å². The van der Waals surface area contributed by atoms with E-state index in [2.05, 4.69) is 5.32 Å². The van der Waals surface area contributed by atoms with Gasteiger partial charge in [0.05, 0.1) is 13.0 Å². The fourth-order valence-corrected chi connectivity index (χ4v) is 2.12. The van der Waals surface area contributed by atoms with Gasteiger partial charge in [0, 0.05) is 17.1 Å². The Bertz CT molecular complexity index is 464. The molecule has 4 nitrogen and oxygen atoms in total. The summed E-state index contributed by atoms with van der Waals surface area (Å²) in [6.07, 6.45) is 1.94. The van der Waals surface area contributed by atoms with Gasteiger partial charge in [0.15, 0.2) is 0 Å². The summed E-state index contributed by atoms with van der Waals surface area (Å²) < 4.78 is 5.71. The second-order valence-electron chi connectivity index (χ2n) is 5.45. The predicted octanol–water partition coefficient (Wildman–Crippen LogP) is 2.91. The Morgan fingerprint density at radius 2 is 2.14 bits per heavy atom. The van der Waals surface area contributed by atoms with Gasteiger partial charge in [-0.05, 0) is 50.5 Å². The average molecular weight is 313 g/mol. The third kappa shape index (κ3) is 6.82. The summed E-state index contributed by atoms with van der Waals surface area (Å²) in [6, 6.07) is 5.72. The first-order valence-electron chi connectivity index (χ1n) is 7.38. The van der Waals surface area contributed by atoms with Crippen molar-refractivity contribution in [1.82, 2.24) is 5.32 Å². The molecule has 0 saturated carbocycles. The van der Waals surface area contributed by atoms with E-state index < -0.39 is 0 Å². The lowest BCUT2D eigenvalue weighted by Crippen LogP contribution is -2.31. The molecule has 0 aliphatic heterocycles. The number of nitrogens with two attached hydrogens (primary N) is 1. The van der Waals surface area contributed by atoms with E-state index in [1.165, 1.54) is 0 Å². The molecular weight excluding hydrogens is 288 g/mol. The van der Waals surface area contributed by atoms with E-state index in [9.17, 15) is 4.79 Å². The van der Waals surface area contributed by atoms with E-state index in [4.69, 9.17) is 22.1 Å². The molecule has 0 bridgehead atoms. The summed E-state index contributed by atoms with van der Waals surface area (Å²) in [5, 5.41) is 3.50. The molecule has 0 aliphatic rings. The number of ether oxygens (including phenoxy) is 1. The lowest BCUT2D eigenvalue weighted by atomic mass is 10.0. The Morgan fingerprint density at radius 1 is 1.43 bits per heavy atom. The van der Waals surface area contributed by atoms with Gasteiger partial charge in [-0.15, -0.1) is 0 Å². The molecule has 1 aromatic rings. The molecule has 0 fully saturated rings. The normalized spacial score (nSPS) is 12.3. The average Bonchev–Trinajstić information content (AvgIpc) is 2.40. The molecule has 118 valence electrons. The van der Waals surface area contributed by atoms with Gasteiger partial charge in [0.25, 0.3) is 0 Å². The molecule has 1 aromatic carbocycles. The van der Waals surface area contributed by atoms with Crippen molar-refractivity contribution in [3.8, 4) is 5.75 Å². The van der Waals surface area contributed by atoms with E-state index in [1.54, 1.807) is 6.07 Å². The highest BCUT2D eigenvalue weighted by Gasteiger charge is 2.10. The number of carbonyl (C=O) groups is 1. The number of nitrogens with one attached hydrogen (secondary N) is 1. The molecule has 1 atom stereocenters. The van der Waals surface area contributed by atoms with Crippen LogP contribution < -0.4 is 15.8 Å². The molecule has 0 aliphatic carbocycles. The third-order valence-electron chi connectivity index (χ3n) is 3.07. The molecule has 1 unspecified atom stereocenters. The zero-order valence-electron chi connectivity index (χ0n) is 13.0. The first kappa shape index (κ1) is 17.8. The number of amides is 1. The van der Waals surface area contributed by atoms with Crippen molar-refractivity contribution >= 4 is 17.5 Å². The van der Waals surface area contributed by atoms with Crippen molar-refractivity contribution in [2.75, 3.05) is 6.61 Å². The van der Waals surface area contributed by atoms with Crippen LogP contribution in [0.3, 0.4) is 0 Å². The van der Waals surface area contributed by atoms with Gasteiger partial charge in [-0.3, -0.25) is 4.79 Å². The van der Waals surface area contributed by atoms with Crippen molar-refractivity contribution in [3.05, 3.63) is 28.8 Å². The highest BCUT2D eigenvalue weighted by Crippen LogP contribution is 2.24. The Morgan fingerprint density at radius 3 is 2.76 bits per heavy atom. The Balaban J connectivity index is 2.59. The summed E-state index contributed by atoms with van der Waals surface area (Å²) in [7, 11) is 0. The molecule has 0 saturated heterocycles. The van der Waals surface area contributed by atoms with Crippen LogP contribution in [0.2, 0.25) is 5.02 Å². The zero-order valence-corrected chi connectivity index (χ0v) is 13.7. The minimum absolute atomic E-state index is 0.00854. The molecule has 0 aromatic heterocycles. The summed E-state index contributed by atoms with van der Waals surface area (Å²) in [4.78, 5) is 11.6. The van der Waals surface area contributed by atoms with Crippen LogP contribution in [0.1, 0.15) is 39.2 Å². The van der Waals surface area contributed by atoms with Gasteiger partial charge >= 0.3 is 0 Å². The maximum Gasteiger partial charge on any atom is 0.223 e. The van der Waals surface area contributed by atoms with Crippen molar-refractivity contribution in [3.63, 3.8) is 0 Å². The Hall–Kier alpha value is -1.26. The van der Waals surface area contributed by atoms with Gasteiger partial charge in [0.1, 0.15) is 5.75 Å². The van der Waals surface area contributed by atoms with E-state index in [1.807, 2.05) is 32.9 Å². The minimum Gasteiger partial charge on any atom is -0.493 e. The molecule has 0 heterocycles. The summed E-state index contributed by atoms with van der Waals surface area (Å²) in [5.74, 6) is 0.742. The highest BCUT2D eigenvalue weighted by atomic mass is 35.5. The monoisotopic (exact) mass is 312 g/mol. The number of halogens is 1. The van der Waals surface area contributed by atoms with Crippen LogP contribution in [0.5, 0.6) is 5.75 Å². The van der Waals surface area contributed by atoms with Gasteiger partial charge in [-0.25, -0.2) is 0 Å². The molecule has 3 N–H and O–H groups in total. The first-order chi connectivity index (χ1) is 9.92. The molecule has 21 heavy (non-hydrogen) atoms. The lowest BCUT2D eigenvalue weighted by molar-refractivity contribution is -0.122. The number of carbonyl (C=O) groups excluding carboxylic acids is 1. The van der Waals surface area contributed by atoms with Gasteiger partial charge in [0.2, 0.25) is 5.91 Å².